The maximum Gasteiger partial charge on any atom is 0.244 e. The summed E-state index contributed by atoms with van der Waals surface area (Å²) >= 11 is 0. The Morgan fingerprint density at radius 1 is 1.06 bits per heavy atom. The van der Waals surface area contributed by atoms with E-state index >= 15 is 0 Å². The number of carbonyl (C=O) groups is 1. The topological polar surface area (TPSA) is 117 Å². The summed E-state index contributed by atoms with van der Waals surface area (Å²) in [5.41, 5.74) is 0.660. The van der Waals surface area contributed by atoms with E-state index in [2.05, 4.69) is 10.3 Å². The van der Waals surface area contributed by atoms with Crippen LogP contribution in [-0.4, -0.2) is 30.7 Å². The average molecular weight is 477 g/mol. The van der Waals surface area contributed by atoms with Gasteiger partial charge in [0, 0.05) is 23.6 Å². The highest BCUT2D eigenvalue weighted by molar-refractivity contribution is 7.91. The fourth-order valence-corrected chi connectivity index (χ4v) is 5.09. The first kappa shape index (κ1) is 21.7. The molecule has 4 aromatic rings. The van der Waals surface area contributed by atoms with Gasteiger partial charge in [-0.3, -0.25) is 9.59 Å². The second-order valence-corrected chi connectivity index (χ2v) is 9.62. The van der Waals surface area contributed by atoms with Gasteiger partial charge < -0.3 is 19.4 Å². The van der Waals surface area contributed by atoms with E-state index in [0.717, 1.165) is 0 Å². The van der Waals surface area contributed by atoms with E-state index in [9.17, 15) is 18.0 Å². The third kappa shape index (κ3) is 3.88. The van der Waals surface area contributed by atoms with Crippen molar-refractivity contribution in [1.29, 1.82) is 0 Å². The van der Waals surface area contributed by atoms with Gasteiger partial charge in [0.1, 0.15) is 17.1 Å². The van der Waals surface area contributed by atoms with Crippen molar-refractivity contribution in [2.75, 3.05) is 12.1 Å². The molecule has 0 saturated heterocycles. The zero-order valence-corrected chi connectivity index (χ0v) is 18.8. The van der Waals surface area contributed by atoms with Crippen molar-refractivity contribution in [3.8, 4) is 11.5 Å². The first-order valence-corrected chi connectivity index (χ1v) is 11.8. The minimum atomic E-state index is -4.12. The molecular weight excluding hydrogens is 458 g/mol. The molecule has 1 aliphatic rings. The summed E-state index contributed by atoms with van der Waals surface area (Å²) in [6, 6.07) is 15.8. The molecule has 5 rings (SSSR count). The molecule has 0 radical (unpaired) electrons. The Bertz CT molecular complexity index is 1600. The average Bonchev–Trinajstić information content (AvgIpc) is 3.29. The van der Waals surface area contributed by atoms with Crippen LogP contribution in [0.25, 0.3) is 11.0 Å². The summed E-state index contributed by atoms with van der Waals surface area (Å²) in [7, 11) is -4.12. The van der Waals surface area contributed by atoms with Gasteiger partial charge in [0.05, 0.1) is 10.3 Å². The molecular formula is C24H19N3O6S. The number of benzene rings is 2. The van der Waals surface area contributed by atoms with Crippen LogP contribution in [0.2, 0.25) is 0 Å². The highest BCUT2D eigenvalue weighted by Crippen LogP contribution is 2.34. The van der Waals surface area contributed by atoms with Crippen molar-refractivity contribution in [2.24, 2.45) is 0 Å². The van der Waals surface area contributed by atoms with Gasteiger partial charge in [0.15, 0.2) is 11.5 Å². The molecule has 1 aliphatic heterocycles. The quantitative estimate of drug-likeness (QED) is 0.470. The molecule has 172 valence electrons. The van der Waals surface area contributed by atoms with Crippen LogP contribution in [0.15, 0.2) is 81.4 Å². The number of nitrogens with zero attached hydrogens (tertiary/aromatic N) is 2. The van der Waals surface area contributed by atoms with E-state index in [0.29, 0.717) is 22.9 Å². The van der Waals surface area contributed by atoms with Crippen molar-refractivity contribution >= 4 is 32.5 Å². The second-order valence-electron chi connectivity index (χ2n) is 7.71. The first-order chi connectivity index (χ1) is 16.3. The second kappa shape index (κ2) is 8.31. The van der Waals surface area contributed by atoms with Crippen LogP contribution in [0.1, 0.15) is 5.69 Å². The fourth-order valence-electron chi connectivity index (χ4n) is 3.70. The number of hydrogen-bond donors (Lipinski definition) is 1. The molecule has 0 fully saturated rings. The number of amides is 1. The number of carbonyl (C=O) groups excluding carboxylic acids is 1. The molecule has 0 spiro atoms. The molecule has 0 saturated carbocycles. The molecule has 0 atom stereocenters. The number of fused-ring (bicyclic) bond motifs is 2. The highest BCUT2D eigenvalue weighted by Gasteiger charge is 2.25. The Hall–Kier alpha value is -4.18. The van der Waals surface area contributed by atoms with Crippen molar-refractivity contribution in [3.05, 3.63) is 82.8 Å². The van der Waals surface area contributed by atoms with E-state index < -0.39 is 26.1 Å². The third-order valence-corrected chi connectivity index (χ3v) is 7.10. The number of hydrogen-bond acceptors (Lipinski definition) is 7. The van der Waals surface area contributed by atoms with Gasteiger partial charge in [0.2, 0.25) is 28.0 Å². The number of ether oxygens (including phenoxy) is 2. The molecule has 1 amide bonds. The molecule has 0 aliphatic carbocycles. The molecule has 10 heteroatoms. The van der Waals surface area contributed by atoms with Gasteiger partial charge in [-0.05, 0) is 43.3 Å². The van der Waals surface area contributed by atoms with E-state index in [-0.39, 0.29) is 29.3 Å². The minimum absolute atomic E-state index is 0.0112. The SMILES string of the molecule is Cc1ccc2c(=O)c(S(=O)(=O)c3ccccc3)cn(CC(=O)Nc3ccc4c(c3)OCO4)c2n1. The van der Waals surface area contributed by atoms with Gasteiger partial charge in [0.25, 0.3) is 0 Å². The summed E-state index contributed by atoms with van der Waals surface area (Å²) in [6.45, 7) is 1.59. The van der Waals surface area contributed by atoms with Gasteiger partial charge in [-0.2, -0.15) is 0 Å². The highest BCUT2D eigenvalue weighted by atomic mass is 32.2. The summed E-state index contributed by atoms with van der Waals surface area (Å²) < 4.78 is 38.5. The Balaban J connectivity index is 1.56. The number of sulfone groups is 1. The number of aromatic nitrogens is 2. The molecule has 2 aromatic heterocycles. The van der Waals surface area contributed by atoms with Crippen LogP contribution in [0, 0.1) is 6.92 Å². The monoisotopic (exact) mass is 477 g/mol. The van der Waals surface area contributed by atoms with E-state index in [1.807, 2.05) is 0 Å². The number of anilines is 1. The van der Waals surface area contributed by atoms with Crippen LogP contribution >= 0.6 is 0 Å². The molecule has 9 nitrogen and oxygen atoms in total. The largest absolute Gasteiger partial charge is 0.454 e. The molecule has 0 bridgehead atoms. The van der Waals surface area contributed by atoms with E-state index in [1.165, 1.54) is 29.0 Å². The number of nitrogens with one attached hydrogen (secondary N) is 1. The number of aryl methyl sites for hydroxylation is 1. The van der Waals surface area contributed by atoms with Crippen LogP contribution < -0.4 is 20.2 Å². The lowest BCUT2D eigenvalue weighted by Crippen LogP contribution is -2.24. The fraction of sp³-hybridized carbons (Fsp3) is 0.125. The van der Waals surface area contributed by atoms with Gasteiger partial charge in [-0.1, -0.05) is 18.2 Å². The van der Waals surface area contributed by atoms with Gasteiger partial charge in [-0.15, -0.1) is 0 Å². The Kier molecular flexibility index (Phi) is 5.29. The van der Waals surface area contributed by atoms with E-state index in [1.54, 1.807) is 49.4 Å². The molecule has 3 heterocycles. The van der Waals surface area contributed by atoms with Crippen molar-refractivity contribution in [3.63, 3.8) is 0 Å². The third-order valence-electron chi connectivity index (χ3n) is 5.34. The van der Waals surface area contributed by atoms with Crippen molar-refractivity contribution < 1.29 is 22.7 Å². The summed E-state index contributed by atoms with van der Waals surface area (Å²) in [4.78, 5) is 30.0. The summed E-state index contributed by atoms with van der Waals surface area (Å²) in [6.07, 6.45) is 1.18. The zero-order valence-electron chi connectivity index (χ0n) is 18.0. The Morgan fingerprint density at radius 3 is 2.62 bits per heavy atom. The lowest BCUT2D eigenvalue weighted by Gasteiger charge is -2.14. The first-order valence-electron chi connectivity index (χ1n) is 10.3. The zero-order chi connectivity index (χ0) is 23.9. The molecule has 34 heavy (non-hydrogen) atoms. The van der Waals surface area contributed by atoms with Crippen LogP contribution in [0.4, 0.5) is 5.69 Å². The maximum absolute atomic E-state index is 13.2. The maximum atomic E-state index is 13.2. The van der Waals surface area contributed by atoms with Crippen LogP contribution in [-0.2, 0) is 21.2 Å². The lowest BCUT2D eigenvalue weighted by molar-refractivity contribution is -0.116. The molecule has 1 N–H and O–H groups in total. The summed E-state index contributed by atoms with van der Waals surface area (Å²) in [5.74, 6) is 0.662. The van der Waals surface area contributed by atoms with Crippen molar-refractivity contribution in [1.82, 2.24) is 9.55 Å². The number of pyridine rings is 2. The summed E-state index contributed by atoms with van der Waals surface area (Å²) in [5, 5.41) is 2.86. The van der Waals surface area contributed by atoms with Crippen LogP contribution in [0.5, 0.6) is 11.5 Å². The molecule has 2 aromatic carbocycles. The van der Waals surface area contributed by atoms with Gasteiger partial charge in [-0.25, -0.2) is 13.4 Å². The Morgan fingerprint density at radius 2 is 1.82 bits per heavy atom. The normalized spacial score (nSPS) is 12.6. The van der Waals surface area contributed by atoms with Crippen LogP contribution in [0.3, 0.4) is 0 Å². The smallest absolute Gasteiger partial charge is 0.244 e. The van der Waals surface area contributed by atoms with Gasteiger partial charge >= 0.3 is 0 Å². The standard InChI is InChI=1S/C24H19N3O6S/c1-15-7-9-18-23(29)21(34(30,31)17-5-3-2-4-6-17)12-27(24(18)25-15)13-22(28)26-16-8-10-19-20(11-16)33-14-32-19/h2-12H,13-14H2,1H3,(H,26,28). The van der Waals surface area contributed by atoms with Crippen molar-refractivity contribution in [2.45, 2.75) is 23.3 Å². The Labute approximate surface area is 194 Å². The predicted molar refractivity (Wildman–Crippen MR) is 124 cm³/mol. The predicted octanol–water partition coefficient (Wildman–Crippen LogP) is 2.91. The minimum Gasteiger partial charge on any atom is -0.454 e. The number of rotatable bonds is 5. The lowest BCUT2D eigenvalue weighted by atomic mass is 10.2. The van der Waals surface area contributed by atoms with E-state index in [4.69, 9.17) is 9.47 Å². The molecule has 0 unspecified atom stereocenters.